The van der Waals surface area contributed by atoms with Crippen LogP contribution in [0.3, 0.4) is 0 Å². The van der Waals surface area contributed by atoms with Crippen molar-refractivity contribution in [2.45, 2.75) is 38.4 Å². The molecule has 3 aliphatic heterocycles. The molecular formula is C13H15N5O5S. The van der Waals surface area contributed by atoms with E-state index >= 15 is 0 Å². The van der Waals surface area contributed by atoms with E-state index in [-0.39, 0.29) is 22.4 Å². The number of carbonyl (C=O) groups is 1. The maximum absolute atomic E-state index is 11.8. The van der Waals surface area contributed by atoms with Crippen LogP contribution < -0.4 is 5.32 Å². The summed E-state index contributed by atoms with van der Waals surface area (Å²) in [5.41, 5.74) is 0.417. The number of thiocarbonyl (C=S) groups is 1. The minimum absolute atomic E-state index is 0.0395. The zero-order valence-electron chi connectivity index (χ0n) is 12.7. The summed E-state index contributed by atoms with van der Waals surface area (Å²) in [5, 5.41) is 40.1. The Kier molecular flexibility index (Phi) is 3.95. The smallest absolute Gasteiger partial charge is 0.280 e. The highest BCUT2D eigenvalue weighted by atomic mass is 32.1. The van der Waals surface area contributed by atoms with Gasteiger partial charge in [0.1, 0.15) is 24.1 Å². The number of carbonyl (C=O) groups excluding carboxylic acids is 1. The number of nitrogens with zero attached hydrogens (tertiary/aromatic N) is 3. The molecular weight excluding hydrogens is 338 g/mol. The molecule has 0 aromatic rings. The first-order valence-corrected chi connectivity index (χ1v) is 7.42. The van der Waals surface area contributed by atoms with Crippen LogP contribution in [0.1, 0.15) is 13.8 Å². The summed E-state index contributed by atoms with van der Waals surface area (Å²) in [4.78, 5) is 20.8. The largest absolute Gasteiger partial charge is 0.510 e. The van der Waals surface area contributed by atoms with Gasteiger partial charge < -0.3 is 20.1 Å². The summed E-state index contributed by atoms with van der Waals surface area (Å²) in [6, 6.07) is 0. The predicted molar refractivity (Wildman–Crippen MR) is 86.9 cm³/mol. The van der Waals surface area contributed by atoms with E-state index in [9.17, 15) is 20.1 Å². The normalized spacial score (nSPS) is 32.3. The Hall–Kier alpha value is -2.21. The Balaban J connectivity index is 1.95. The van der Waals surface area contributed by atoms with Crippen molar-refractivity contribution in [1.82, 2.24) is 10.2 Å². The second kappa shape index (κ2) is 5.70. The van der Waals surface area contributed by atoms with Gasteiger partial charge in [-0.05, 0) is 31.6 Å². The fraction of sp³-hybridized carbons (Fsp3) is 0.462. The number of hydrogen-bond donors (Lipinski definition) is 5. The van der Waals surface area contributed by atoms with Crippen LogP contribution in [0.5, 0.6) is 0 Å². The second-order valence-corrected chi connectivity index (χ2v) is 6.03. The highest BCUT2D eigenvalue weighted by molar-refractivity contribution is 7.80. The number of aliphatic hydroxyl groups excluding tert-OH is 3. The highest BCUT2D eigenvalue weighted by Gasteiger charge is 2.52. The molecule has 0 aromatic carbocycles. The van der Waals surface area contributed by atoms with E-state index in [2.05, 4.69) is 15.3 Å². The van der Waals surface area contributed by atoms with Gasteiger partial charge in [0, 0.05) is 0 Å². The summed E-state index contributed by atoms with van der Waals surface area (Å²) in [5.74, 6) is -1.29. The molecule has 0 saturated carbocycles. The summed E-state index contributed by atoms with van der Waals surface area (Å²) < 4.78 is 5.56. The van der Waals surface area contributed by atoms with E-state index in [0.29, 0.717) is 5.57 Å². The van der Waals surface area contributed by atoms with Crippen LogP contribution in [0.25, 0.3) is 0 Å². The minimum Gasteiger partial charge on any atom is -0.510 e. The number of allylic oxidation sites excluding steroid dienone is 1. The number of hydrogen-bond acceptors (Lipinski definition) is 7. The van der Waals surface area contributed by atoms with E-state index in [4.69, 9.17) is 22.4 Å². The van der Waals surface area contributed by atoms with Crippen LogP contribution in [0.15, 0.2) is 21.3 Å². The third-order valence-corrected chi connectivity index (χ3v) is 4.08. The van der Waals surface area contributed by atoms with Crippen LogP contribution in [-0.4, -0.2) is 73.3 Å². The zero-order chi connectivity index (χ0) is 17.8. The lowest BCUT2D eigenvalue weighted by molar-refractivity contribution is -0.113. The van der Waals surface area contributed by atoms with Crippen molar-refractivity contribution in [1.29, 1.82) is 5.41 Å². The highest BCUT2D eigenvalue weighted by Crippen LogP contribution is 2.31. The van der Waals surface area contributed by atoms with E-state index in [1.54, 1.807) is 13.8 Å². The molecule has 5 N–H and O–H groups in total. The van der Waals surface area contributed by atoms with Gasteiger partial charge in [-0.15, -0.1) is 0 Å². The number of nitrogens with one attached hydrogen (secondary N) is 2. The van der Waals surface area contributed by atoms with Crippen molar-refractivity contribution < 1.29 is 24.9 Å². The van der Waals surface area contributed by atoms with Gasteiger partial charge in [-0.2, -0.15) is 4.99 Å². The Bertz CT molecular complexity index is 741. The Labute approximate surface area is 141 Å². The van der Waals surface area contributed by atoms with Crippen molar-refractivity contribution in [2.24, 2.45) is 9.98 Å². The number of fused-ring (bicyclic) bond motifs is 1. The summed E-state index contributed by atoms with van der Waals surface area (Å²) in [6.45, 7) is 3.26. The van der Waals surface area contributed by atoms with Crippen LogP contribution in [0, 0.1) is 5.41 Å². The Morgan fingerprint density at radius 2 is 2.00 bits per heavy atom. The fourth-order valence-electron chi connectivity index (χ4n) is 2.58. The summed E-state index contributed by atoms with van der Waals surface area (Å²) >= 11 is 5.09. The number of rotatable bonds is 2. The molecule has 3 aliphatic rings. The monoisotopic (exact) mass is 353 g/mol. The standard InChI is InChI=1S/C13H15N5O5S/c1-3(2)5(19)8-6(20)7(21)11(23-8)18-9-4(15-13(18)24)10(22)17-12(14)16-9/h6-8,11,19-21H,1-2H3,(H2,14,17,22)/t6-,7+,8+,11+/m0/s1. The van der Waals surface area contributed by atoms with Gasteiger partial charge in [-0.1, -0.05) is 0 Å². The average molecular weight is 353 g/mol. The molecule has 128 valence electrons. The van der Waals surface area contributed by atoms with Crippen molar-refractivity contribution >= 4 is 40.7 Å². The van der Waals surface area contributed by atoms with Gasteiger partial charge in [0.05, 0.1) is 0 Å². The predicted octanol–water partition coefficient (Wildman–Crippen LogP) is -1.21. The lowest BCUT2D eigenvalue weighted by atomic mass is 10.1. The Morgan fingerprint density at radius 3 is 2.62 bits per heavy atom. The zero-order valence-corrected chi connectivity index (χ0v) is 13.5. The number of amidine groups is 1. The minimum atomic E-state index is -1.44. The van der Waals surface area contributed by atoms with Crippen molar-refractivity contribution in [3.8, 4) is 0 Å². The van der Waals surface area contributed by atoms with E-state index in [0.717, 1.165) is 4.90 Å². The maximum Gasteiger partial charge on any atom is 0.280 e. The van der Waals surface area contributed by atoms with Crippen molar-refractivity contribution in [3.05, 3.63) is 11.3 Å². The molecule has 24 heavy (non-hydrogen) atoms. The number of amides is 1. The SMILES string of the molecule is CC(C)=C(O)[C@H]1O[C@@H](N2C(=S)N=C3C(=O)NC(=N)N=C32)[C@H](O)[C@@H]1O. The van der Waals surface area contributed by atoms with Crippen molar-refractivity contribution in [2.75, 3.05) is 0 Å². The van der Waals surface area contributed by atoms with Gasteiger partial charge in [0.15, 0.2) is 17.8 Å². The molecule has 10 nitrogen and oxygen atoms in total. The van der Waals surface area contributed by atoms with Gasteiger partial charge in [0.25, 0.3) is 5.91 Å². The molecule has 3 heterocycles. The molecule has 1 fully saturated rings. The number of aliphatic imine (C=N–C) groups is 2. The molecule has 1 saturated heterocycles. The molecule has 11 heteroatoms. The third kappa shape index (κ3) is 2.41. The van der Waals surface area contributed by atoms with E-state index in [1.807, 2.05) is 0 Å². The lowest BCUT2D eigenvalue weighted by Gasteiger charge is -2.28. The van der Waals surface area contributed by atoms with Gasteiger partial charge in [0.2, 0.25) is 11.1 Å². The first-order valence-electron chi connectivity index (χ1n) is 7.01. The Morgan fingerprint density at radius 1 is 1.33 bits per heavy atom. The molecule has 0 bridgehead atoms. The molecule has 3 rings (SSSR count). The van der Waals surface area contributed by atoms with E-state index in [1.165, 1.54) is 0 Å². The van der Waals surface area contributed by atoms with Gasteiger partial charge >= 0.3 is 0 Å². The molecule has 0 unspecified atom stereocenters. The average Bonchev–Trinajstić information content (AvgIpc) is 2.97. The molecule has 4 atom stereocenters. The lowest BCUT2D eigenvalue weighted by Crippen LogP contribution is -2.53. The molecule has 0 radical (unpaired) electrons. The van der Waals surface area contributed by atoms with E-state index < -0.39 is 36.4 Å². The number of guanidine groups is 1. The van der Waals surface area contributed by atoms with Crippen molar-refractivity contribution in [3.63, 3.8) is 0 Å². The number of aliphatic hydroxyl groups is 3. The number of ether oxygens (including phenoxy) is 1. The van der Waals surface area contributed by atoms with Crippen LogP contribution in [0.4, 0.5) is 0 Å². The second-order valence-electron chi connectivity index (χ2n) is 5.66. The first kappa shape index (κ1) is 16.6. The van der Waals surface area contributed by atoms with Gasteiger partial charge in [-0.25, -0.2) is 4.99 Å². The third-order valence-electron chi connectivity index (χ3n) is 3.79. The van der Waals surface area contributed by atoms with Crippen LogP contribution in [0.2, 0.25) is 0 Å². The maximum atomic E-state index is 11.8. The first-order chi connectivity index (χ1) is 11.2. The summed E-state index contributed by atoms with van der Waals surface area (Å²) in [7, 11) is 0. The molecule has 0 aromatic heterocycles. The quantitative estimate of drug-likeness (QED) is 0.309. The molecule has 0 spiro atoms. The van der Waals surface area contributed by atoms with Crippen LogP contribution >= 0.6 is 12.2 Å². The fourth-order valence-corrected chi connectivity index (χ4v) is 2.86. The topological polar surface area (TPSA) is 151 Å². The molecule has 1 amide bonds. The molecule has 0 aliphatic carbocycles. The van der Waals surface area contributed by atoms with Crippen LogP contribution in [-0.2, 0) is 9.53 Å². The summed E-state index contributed by atoms with van der Waals surface area (Å²) in [6.07, 6.45) is -5.21. The van der Waals surface area contributed by atoms with Gasteiger partial charge in [-0.3, -0.25) is 20.4 Å².